The first-order valence-corrected chi connectivity index (χ1v) is 8.49. The fraction of sp³-hybridized carbons (Fsp3) is 0.500. The molecule has 1 aliphatic heterocycles. The molecule has 6 heteroatoms. The minimum Gasteiger partial charge on any atom is -0.481 e. The molecule has 0 aromatic heterocycles. The highest BCUT2D eigenvalue weighted by molar-refractivity contribution is 5.99. The lowest BCUT2D eigenvalue weighted by Gasteiger charge is -2.20. The van der Waals surface area contributed by atoms with Crippen molar-refractivity contribution in [3.63, 3.8) is 0 Å². The fourth-order valence-electron chi connectivity index (χ4n) is 3.15. The van der Waals surface area contributed by atoms with Gasteiger partial charge >= 0.3 is 5.97 Å². The van der Waals surface area contributed by atoms with E-state index in [0.717, 1.165) is 25.9 Å². The zero-order chi connectivity index (χ0) is 17.1. The summed E-state index contributed by atoms with van der Waals surface area (Å²) in [5.74, 6) is -2.17. The van der Waals surface area contributed by atoms with Gasteiger partial charge in [-0.25, -0.2) is 0 Å². The van der Waals surface area contributed by atoms with Crippen molar-refractivity contribution in [1.82, 2.24) is 4.90 Å². The van der Waals surface area contributed by atoms with Gasteiger partial charge in [0.05, 0.1) is 11.8 Å². The predicted octanol–water partition coefficient (Wildman–Crippen LogP) is 2.36. The second kappa shape index (κ2) is 7.03. The largest absolute Gasteiger partial charge is 0.481 e. The summed E-state index contributed by atoms with van der Waals surface area (Å²) in [6.45, 7) is 1.60. The number of hydrogen-bond acceptors (Lipinski definition) is 3. The summed E-state index contributed by atoms with van der Waals surface area (Å²) in [6, 6.07) is 6.82. The van der Waals surface area contributed by atoms with Crippen LogP contribution in [0.1, 0.15) is 42.5 Å². The van der Waals surface area contributed by atoms with Crippen LogP contribution in [0.4, 0.5) is 5.69 Å². The molecule has 1 aliphatic carbocycles. The molecule has 1 saturated heterocycles. The molecule has 3 rings (SSSR count). The van der Waals surface area contributed by atoms with E-state index in [1.807, 2.05) is 4.90 Å². The predicted molar refractivity (Wildman–Crippen MR) is 88.7 cm³/mol. The Morgan fingerprint density at radius 3 is 2.12 bits per heavy atom. The van der Waals surface area contributed by atoms with Gasteiger partial charge in [-0.1, -0.05) is 12.8 Å². The zero-order valence-electron chi connectivity index (χ0n) is 13.5. The summed E-state index contributed by atoms with van der Waals surface area (Å²) in [5.41, 5.74) is 1.20. The molecule has 2 atom stereocenters. The van der Waals surface area contributed by atoms with Crippen molar-refractivity contribution in [1.29, 1.82) is 0 Å². The van der Waals surface area contributed by atoms with Crippen LogP contribution in [0.5, 0.6) is 0 Å². The van der Waals surface area contributed by atoms with Crippen LogP contribution in [0, 0.1) is 11.8 Å². The molecule has 0 radical (unpaired) electrons. The van der Waals surface area contributed by atoms with E-state index in [1.54, 1.807) is 24.3 Å². The Bertz CT molecular complexity index is 633. The van der Waals surface area contributed by atoms with Gasteiger partial charge in [0.15, 0.2) is 0 Å². The molecule has 1 aromatic carbocycles. The Labute approximate surface area is 140 Å². The van der Waals surface area contributed by atoms with Crippen molar-refractivity contribution in [3.8, 4) is 0 Å². The van der Waals surface area contributed by atoms with Crippen molar-refractivity contribution >= 4 is 23.5 Å². The van der Waals surface area contributed by atoms with E-state index < -0.39 is 17.8 Å². The van der Waals surface area contributed by atoms with Crippen molar-refractivity contribution in [2.75, 3.05) is 18.4 Å². The molecule has 6 nitrogen and oxygen atoms in total. The number of benzene rings is 1. The average Bonchev–Trinajstić information content (AvgIpc) is 3.39. The quantitative estimate of drug-likeness (QED) is 0.887. The molecular formula is C18H22N2O4. The van der Waals surface area contributed by atoms with Crippen LogP contribution in [-0.4, -0.2) is 40.9 Å². The van der Waals surface area contributed by atoms with Gasteiger partial charge in [-0.05, 0) is 43.5 Å². The van der Waals surface area contributed by atoms with Crippen LogP contribution in [0.3, 0.4) is 0 Å². The first-order chi connectivity index (χ1) is 11.6. The molecule has 2 aliphatic rings. The van der Waals surface area contributed by atoms with Crippen LogP contribution in [0.15, 0.2) is 24.3 Å². The lowest BCUT2D eigenvalue weighted by molar-refractivity contribution is -0.139. The van der Waals surface area contributed by atoms with Gasteiger partial charge in [0.2, 0.25) is 5.91 Å². The lowest BCUT2D eigenvalue weighted by Crippen LogP contribution is -2.31. The van der Waals surface area contributed by atoms with Gasteiger partial charge in [0.1, 0.15) is 0 Å². The van der Waals surface area contributed by atoms with Crippen molar-refractivity contribution < 1.29 is 19.5 Å². The fourth-order valence-corrected chi connectivity index (χ4v) is 3.15. The van der Waals surface area contributed by atoms with Crippen LogP contribution in [0.25, 0.3) is 0 Å². The highest BCUT2D eigenvalue weighted by atomic mass is 16.4. The molecule has 24 heavy (non-hydrogen) atoms. The number of rotatable bonds is 4. The number of carbonyl (C=O) groups excluding carboxylic acids is 2. The first kappa shape index (κ1) is 16.5. The van der Waals surface area contributed by atoms with E-state index >= 15 is 0 Å². The monoisotopic (exact) mass is 330 g/mol. The zero-order valence-corrected chi connectivity index (χ0v) is 13.5. The molecule has 1 heterocycles. The van der Waals surface area contributed by atoms with Crippen molar-refractivity contribution in [2.45, 2.75) is 32.1 Å². The average molecular weight is 330 g/mol. The first-order valence-electron chi connectivity index (χ1n) is 8.49. The van der Waals surface area contributed by atoms with E-state index in [2.05, 4.69) is 5.32 Å². The number of nitrogens with one attached hydrogen (secondary N) is 1. The topological polar surface area (TPSA) is 86.7 Å². The van der Waals surface area contributed by atoms with E-state index in [9.17, 15) is 14.4 Å². The molecule has 1 aromatic rings. The second-order valence-electron chi connectivity index (χ2n) is 6.56. The highest BCUT2D eigenvalue weighted by Gasteiger charge is 2.48. The maximum atomic E-state index is 12.5. The Kier molecular flexibility index (Phi) is 4.83. The molecule has 0 spiro atoms. The van der Waals surface area contributed by atoms with E-state index in [-0.39, 0.29) is 11.8 Å². The molecule has 2 amide bonds. The van der Waals surface area contributed by atoms with Crippen LogP contribution < -0.4 is 5.32 Å². The third-order valence-electron chi connectivity index (χ3n) is 4.74. The van der Waals surface area contributed by atoms with Gasteiger partial charge in [-0.3, -0.25) is 14.4 Å². The molecule has 2 unspecified atom stereocenters. The SMILES string of the molecule is O=C(O)C1CC1C(=O)Nc1ccc(C(=O)N2CCCCCC2)cc1. The minimum atomic E-state index is -0.923. The molecule has 128 valence electrons. The van der Waals surface area contributed by atoms with Gasteiger partial charge in [-0.15, -0.1) is 0 Å². The maximum Gasteiger partial charge on any atom is 0.307 e. The van der Waals surface area contributed by atoms with Gasteiger partial charge in [0.25, 0.3) is 5.91 Å². The van der Waals surface area contributed by atoms with Gasteiger partial charge in [-0.2, -0.15) is 0 Å². The molecular weight excluding hydrogens is 308 g/mol. The Morgan fingerprint density at radius 1 is 0.958 bits per heavy atom. The number of carboxylic acid groups (broad SMARTS) is 1. The standard InChI is InChI=1S/C18H22N2O4/c21-16(14-11-15(14)18(23)24)19-13-7-5-12(6-8-13)17(22)20-9-3-1-2-4-10-20/h5-8,14-15H,1-4,9-11H2,(H,19,21)(H,23,24). The Hall–Kier alpha value is -2.37. The third-order valence-corrected chi connectivity index (χ3v) is 4.74. The number of carboxylic acids is 1. The van der Waals surface area contributed by atoms with Crippen LogP contribution in [0.2, 0.25) is 0 Å². The molecule has 2 N–H and O–H groups in total. The number of likely N-dealkylation sites (tertiary alicyclic amines) is 1. The maximum absolute atomic E-state index is 12.5. The molecule has 0 bridgehead atoms. The molecule has 2 fully saturated rings. The number of hydrogen-bond donors (Lipinski definition) is 2. The summed E-state index contributed by atoms with van der Waals surface area (Å²) in [7, 11) is 0. The Morgan fingerprint density at radius 2 is 1.58 bits per heavy atom. The highest BCUT2D eigenvalue weighted by Crippen LogP contribution is 2.39. The third kappa shape index (κ3) is 3.75. The molecule has 1 saturated carbocycles. The smallest absolute Gasteiger partial charge is 0.307 e. The summed E-state index contributed by atoms with van der Waals surface area (Å²) < 4.78 is 0. The number of carbonyl (C=O) groups is 3. The van der Waals surface area contributed by atoms with Crippen LogP contribution in [-0.2, 0) is 9.59 Å². The van der Waals surface area contributed by atoms with E-state index in [4.69, 9.17) is 5.11 Å². The van der Waals surface area contributed by atoms with E-state index in [0.29, 0.717) is 17.7 Å². The normalized spacial score (nSPS) is 23.2. The number of nitrogens with zero attached hydrogens (tertiary/aromatic N) is 1. The second-order valence-corrected chi connectivity index (χ2v) is 6.56. The Balaban J connectivity index is 1.58. The number of amides is 2. The minimum absolute atomic E-state index is 0.0305. The van der Waals surface area contributed by atoms with Gasteiger partial charge in [0, 0.05) is 24.3 Å². The summed E-state index contributed by atoms with van der Waals surface area (Å²) >= 11 is 0. The number of anilines is 1. The van der Waals surface area contributed by atoms with Crippen LogP contribution >= 0.6 is 0 Å². The summed E-state index contributed by atoms with van der Waals surface area (Å²) in [6.07, 6.45) is 4.84. The van der Waals surface area contributed by atoms with Crippen molar-refractivity contribution in [3.05, 3.63) is 29.8 Å². The summed E-state index contributed by atoms with van der Waals surface area (Å²) in [5, 5.41) is 11.6. The van der Waals surface area contributed by atoms with Crippen molar-refractivity contribution in [2.24, 2.45) is 11.8 Å². The number of aliphatic carboxylic acids is 1. The lowest BCUT2D eigenvalue weighted by atomic mass is 10.1. The van der Waals surface area contributed by atoms with E-state index in [1.165, 1.54) is 12.8 Å². The summed E-state index contributed by atoms with van der Waals surface area (Å²) in [4.78, 5) is 37.1. The van der Waals surface area contributed by atoms with Gasteiger partial charge < -0.3 is 15.3 Å².